The molecule has 1 aliphatic rings. The third kappa shape index (κ3) is 4.04. The third-order valence-corrected chi connectivity index (χ3v) is 6.44. The normalized spacial score (nSPS) is 13.0. The number of ether oxygens (including phenoxy) is 1. The SMILES string of the molecule is COC(=O)c1cc(-c2ccccc2)sc1NC(=S)N1CCCc2cc(C)ccc21. The summed E-state index contributed by atoms with van der Waals surface area (Å²) in [6, 6.07) is 18.3. The monoisotopic (exact) mass is 422 g/mol. The van der Waals surface area contributed by atoms with E-state index in [0.29, 0.717) is 15.7 Å². The van der Waals surface area contributed by atoms with Crippen LogP contribution >= 0.6 is 23.6 Å². The summed E-state index contributed by atoms with van der Waals surface area (Å²) in [5, 5.41) is 4.62. The first-order chi connectivity index (χ1) is 14.1. The van der Waals surface area contributed by atoms with Crippen LogP contribution in [0.2, 0.25) is 0 Å². The van der Waals surface area contributed by atoms with Gasteiger partial charge in [-0.1, -0.05) is 48.0 Å². The van der Waals surface area contributed by atoms with Crippen LogP contribution < -0.4 is 10.2 Å². The van der Waals surface area contributed by atoms with Gasteiger partial charge in [-0.05, 0) is 55.2 Å². The molecule has 0 unspecified atom stereocenters. The molecule has 0 amide bonds. The van der Waals surface area contributed by atoms with Crippen LogP contribution in [0.5, 0.6) is 0 Å². The van der Waals surface area contributed by atoms with E-state index in [9.17, 15) is 4.79 Å². The smallest absolute Gasteiger partial charge is 0.340 e. The van der Waals surface area contributed by atoms with Crippen molar-refractivity contribution in [2.75, 3.05) is 23.9 Å². The zero-order chi connectivity index (χ0) is 20.4. The zero-order valence-electron chi connectivity index (χ0n) is 16.4. The quantitative estimate of drug-likeness (QED) is 0.436. The number of esters is 1. The third-order valence-electron chi connectivity index (χ3n) is 5.01. The van der Waals surface area contributed by atoms with Crippen LogP contribution in [-0.2, 0) is 11.2 Å². The maximum Gasteiger partial charge on any atom is 0.340 e. The number of aryl methyl sites for hydroxylation is 2. The predicted molar refractivity (Wildman–Crippen MR) is 124 cm³/mol. The Morgan fingerprint density at radius 1 is 1.17 bits per heavy atom. The fourth-order valence-corrected chi connectivity index (χ4v) is 5.00. The van der Waals surface area contributed by atoms with E-state index in [0.717, 1.165) is 35.5 Å². The van der Waals surface area contributed by atoms with E-state index in [1.54, 1.807) is 0 Å². The molecule has 29 heavy (non-hydrogen) atoms. The molecule has 0 aliphatic carbocycles. The number of carbonyl (C=O) groups is 1. The molecule has 0 fully saturated rings. The van der Waals surface area contributed by atoms with Crippen molar-refractivity contribution in [3.63, 3.8) is 0 Å². The summed E-state index contributed by atoms with van der Waals surface area (Å²) in [6.07, 6.45) is 2.10. The van der Waals surface area contributed by atoms with Gasteiger partial charge in [0, 0.05) is 17.1 Å². The molecule has 4 rings (SSSR count). The lowest BCUT2D eigenvalue weighted by atomic mass is 10.00. The van der Waals surface area contributed by atoms with Crippen LogP contribution in [0.25, 0.3) is 10.4 Å². The lowest BCUT2D eigenvalue weighted by Gasteiger charge is -2.32. The lowest BCUT2D eigenvalue weighted by molar-refractivity contribution is 0.0602. The van der Waals surface area contributed by atoms with Gasteiger partial charge in [-0.3, -0.25) is 0 Å². The largest absolute Gasteiger partial charge is 0.465 e. The van der Waals surface area contributed by atoms with Crippen molar-refractivity contribution in [2.45, 2.75) is 19.8 Å². The number of fused-ring (bicyclic) bond motifs is 1. The van der Waals surface area contributed by atoms with Gasteiger partial charge in [0.05, 0.1) is 12.7 Å². The highest BCUT2D eigenvalue weighted by molar-refractivity contribution is 7.80. The summed E-state index contributed by atoms with van der Waals surface area (Å²) in [5.41, 5.74) is 5.26. The van der Waals surface area contributed by atoms with Crippen LogP contribution in [-0.4, -0.2) is 24.7 Å². The van der Waals surface area contributed by atoms with Crippen LogP contribution in [0, 0.1) is 6.92 Å². The first-order valence-corrected chi connectivity index (χ1v) is 10.7. The number of thiocarbonyl (C=S) groups is 1. The fourth-order valence-electron chi connectivity index (χ4n) is 3.59. The molecule has 2 heterocycles. The molecule has 6 heteroatoms. The Kier molecular flexibility index (Phi) is 5.65. The summed E-state index contributed by atoms with van der Waals surface area (Å²) in [5.74, 6) is -0.372. The van der Waals surface area contributed by atoms with Gasteiger partial charge < -0.3 is 15.0 Å². The van der Waals surface area contributed by atoms with Gasteiger partial charge >= 0.3 is 5.97 Å². The van der Waals surface area contributed by atoms with Crippen molar-refractivity contribution in [1.29, 1.82) is 0 Å². The van der Waals surface area contributed by atoms with E-state index >= 15 is 0 Å². The number of hydrogen-bond acceptors (Lipinski definition) is 4. The van der Waals surface area contributed by atoms with Gasteiger partial charge in [0.15, 0.2) is 5.11 Å². The first-order valence-electron chi connectivity index (χ1n) is 9.52. The molecule has 4 nitrogen and oxygen atoms in total. The van der Waals surface area contributed by atoms with Gasteiger partial charge in [-0.2, -0.15) is 0 Å². The number of anilines is 2. The molecule has 148 valence electrons. The van der Waals surface area contributed by atoms with Crippen molar-refractivity contribution in [1.82, 2.24) is 0 Å². The van der Waals surface area contributed by atoms with E-state index < -0.39 is 0 Å². The highest BCUT2D eigenvalue weighted by Crippen LogP contribution is 2.37. The number of nitrogens with zero attached hydrogens (tertiary/aromatic N) is 1. The Labute approximate surface area is 180 Å². The molecular formula is C23H22N2O2S2. The topological polar surface area (TPSA) is 41.6 Å². The highest BCUT2D eigenvalue weighted by atomic mass is 32.1. The Morgan fingerprint density at radius 2 is 1.97 bits per heavy atom. The van der Waals surface area contributed by atoms with Gasteiger partial charge in [0.25, 0.3) is 0 Å². The first kappa shape index (κ1) is 19.6. The maximum atomic E-state index is 12.4. The number of thiophene rings is 1. The molecule has 0 radical (unpaired) electrons. The molecule has 1 aromatic heterocycles. The van der Waals surface area contributed by atoms with Crippen molar-refractivity contribution in [2.24, 2.45) is 0 Å². The van der Waals surface area contributed by atoms with Gasteiger partial charge in [0.2, 0.25) is 0 Å². The molecular weight excluding hydrogens is 400 g/mol. The van der Waals surface area contributed by atoms with Crippen LogP contribution in [0.15, 0.2) is 54.6 Å². The standard InChI is InChI=1S/C23H22N2O2S2/c1-15-10-11-19-17(13-15)9-6-12-25(19)23(28)24-21-18(22(26)27-2)14-20(29-21)16-7-4-3-5-8-16/h3-5,7-8,10-11,13-14H,6,9,12H2,1-2H3,(H,24,28). The number of methoxy groups -OCH3 is 1. The predicted octanol–water partition coefficient (Wildman–Crippen LogP) is 5.66. The molecule has 0 saturated heterocycles. The molecule has 1 N–H and O–H groups in total. The molecule has 0 bridgehead atoms. The van der Waals surface area contributed by atoms with Crippen LogP contribution in [0.4, 0.5) is 10.7 Å². The van der Waals surface area contributed by atoms with Gasteiger partial charge in [0.1, 0.15) is 5.00 Å². The van der Waals surface area contributed by atoms with Crippen molar-refractivity contribution in [3.05, 3.63) is 71.3 Å². The van der Waals surface area contributed by atoms with E-state index in [1.165, 1.54) is 29.6 Å². The minimum atomic E-state index is -0.372. The average Bonchev–Trinajstić information content (AvgIpc) is 3.16. The second-order valence-electron chi connectivity index (χ2n) is 7.03. The number of nitrogens with one attached hydrogen (secondary N) is 1. The van der Waals surface area contributed by atoms with E-state index in [2.05, 4.69) is 35.3 Å². The van der Waals surface area contributed by atoms with Crippen LogP contribution in [0.1, 0.15) is 27.9 Å². The van der Waals surface area contributed by atoms with Gasteiger partial charge in [-0.15, -0.1) is 11.3 Å². The summed E-state index contributed by atoms with van der Waals surface area (Å²) in [4.78, 5) is 15.5. The van der Waals surface area contributed by atoms with Gasteiger partial charge in [-0.25, -0.2) is 4.79 Å². The molecule has 0 saturated carbocycles. The van der Waals surface area contributed by atoms with E-state index in [1.807, 2.05) is 36.4 Å². The summed E-state index contributed by atoms with van der Waals surface area (Å²) in [7, 11) is 1.40. The Bertz CT molecular complexity index is 1060. The minimum absolute atomic E-state index is 0.372. The number of carbonyl (C=O) groups excluding carboxylic acids is 1. The number of hydrogen-bond donors (Lipinski definition) is 1. The molecule has 0 atom stereocenters. The highest BCUT2D eigenvalue weighted by Gasteiger charge is 2.23. The summed E-state index contributed by atoms with van der Waals surface area (Å²) in [6.45, 7) is 2.96. The summed E-state index contributed by atoms with van der Waals surface area (Å²) < 4.78 is 4.99. The fraction of sp³-hybridized carbons (Fsp3) is 0.217. The molecule has 0 spiro atoms. The maximum absolute atomic E-state index is 12.4. The summed E-state index contributed by atoms with van der Waals surface area (Å²) >= 11 is 7.25. The lowest BCUT2D eigenvalue weighted by Crippen LogP contribution is -2.38. The van der Waals surface area contributed by atoms with E-state index in [-0.39, 0.29) is 5.97 Å². The number of benzene rings is 2. The number of rotatable bonds is 3. The minimum Gasteiger partial charge on any atom is -0.465 e. The van der Waals surface area contributed by atoms with Crippen molar-refractivity contribution in [3.8, 4) is 10.4 Å². The van der Waals surface area contributed by atoms with Crippen LogP contribution in [0.3, 0.4) is 0 Å². The molecule has 1 aliphatic heterocycles. The Balaban J connectivity index is 1.65. The van der Waals surface area contributed by atoms with E-state index in [4.69, 9.17) is 17.0 Å². The molecule has 2 aromatic carbocycles. The van der Waals surface area contributed by atoms with Crippen molar-refractivity contribution >= 4 is 45.3 Å². The average molecular weight is 423 g/mol. The second kappa shape index (κ2) is 8.35. The second-order valence-corrected chi connectivity index (χ2v) is 8.47. The van der Waals surface area contributed by atoms with Crippen molar-refractivity contribution < 1.29 is 9.53 Å². The zero-order valence-corrected chi connectivity index (χ0v) is 18.0. The molecule has 3 aromatic rings. The Hall–Kier alpha value is -2.70. The Morgan fingerprint density at radius 3 is 2.72 bits per heavy atom.